The van der Waals surface area contributed by atoms with Crippen LogP contribution in [0.5, 0.6) is 5.75 Å². The Morgan fingerprint density at radius 2 is 1.77 bits per heavy atom. The minimum absolute atomic E-state index is 0.103. The maximum absolute atomic E-state index is 11.5. The van der Waals surface area contributed by atoms with Gasteiger partial charge in [-0.15, -0.1) is 0 Å². The van der Waals surface area contributed by atoms with Crippen molar-refractivity contribution < 1.29 is 24.2 Å². The highest BCUT2D eigenvalue weighted by atomic mass is 16.5. The molecule has 6 heteroatoms. The largest absolute Gasteiger partial charge is 0.489 e. The monoisotopic (exact) mass is 357 g/mol. The molecule has 2 aromatic carbocycles. The molecule has 0 atom stereocenters. The molecule has 0 unspecified atom stereocenters. The third kappa shape index (κ3) is 5.89. The van der Waals surface area contributed by atoms with E-state index >= 15 is 0 Å². The normalized spacial score (nSPS) is 10.6. The summed E-state index contributed by atoms with van der Waals surface area (Å²) in [7, 11) is 3.23. The van der Waals surface area contributed by atoms with Gasteiger partial charge in [-0.2, -0.15) is 0 Å². The number of ether oxygens (including phenoxy) is 2. The molecule has 0 heterocycles. The van der Waals surface area contributed by atoms with E-state index < -0.39 is 5.97 Å². The molecule has 0 fully saturated rings. The number of hydrogen-bond acceptors (Lipinski definition) is 5. The zero-order valence-electron chi connectivity index (χ0n) is 15.0. The number of carboxylic acid groups (broad SMARTS) is 1. The predicted molar refractivity (Wildman–Crippen MR) is 97.1 cm³/mol. The van der Waals surface area contributed by atoms with Crippen LogP contribution in [-0.2, 0) is 22.7 Å². The van der Waals surface area contributed by atoms with Crippen molar-refractivity contribution in [2.24, 2.45) is 0 Å². The number of carbonyl (C=O) groups is 2. The minimum Gasteiger partial charge on any atom is -0.489 e. The number of methoxy groups -OCH3 is 1. The van der Waals surface area contributed by atoms with E-state index in [-0.39, 0.29) is 12.4 Å². The van der Waals surface area contributed by atoms with Crippen molar-refractivity contribution in [1.29, 1.82) is 0 Å². The average Bonchev–Trinajstić information content (AvgIpc) is 2.65. The van der Waals surface area contributed by atoms with Crippen molar-refractivity contribution in [3.8, 4) is 5.75 Å². The van der Waals surface area contributed by atoms with Crippen LogP contribution in [0.1, 0.15) is 27.9 Å². The van der Waals surface area contributed by atoms with Gasteiger partial charge in [-0.3, -0.25) is 4.79 Å². The lowest BCUT2D eigenvalue weighted by Crippen LogP contribution is -2.21. The van der Waals surface area contributed by atoms with Gasteiger partial charge in [0.2, 0.25) is 0 Å². The Bertz CT molecular complexity index is 742. The molecule has 0 saturated carbocycles. The van der Waals surface area contributed by atoms with Crippen LogP contribution in [0.4, 0.5) is 0 Å². The highest BCUT2D eigenvalue weighted by Crippen LogP contribution is 2.21. The number of benzene rings is 2. The van der Waals surface area contributed by atoms with Crippen LogP contribution in [0, 0.1) is 0 Å². The Hall–Kier alpha value is -2.86. The van der Waals surface area contributed by atoms with Gasteiger partial charge in [0.25, 0.3) is 0 Å². The summed E-state index contributed by atoms with van der Waals surface area (Å²) in [6.45, 7) is 1.45. The lowest BCUT2D eigenvalue weighted by molar-refractivity contribution is -0.137. The summed E-state index contributed by atoms with van der Waals surface area (Å²) in [5, 5.41) is 8.78. The first-order chi connectivity index (χ1) is 12.5. The Labute approximate surface area is 153 Å². The number of carbonyl (C=O) groups excluding carboxylic acids is 1. The second-order valence-corrected chi connectivity index (χ2v) is 5.97. The molecule has 0 aliphatic carbocycles. The third-order valence-electron chi connectivity index (χ3n) is 3.89. The second-order valence-electron chi connectivity index (χ2n) is 5.97. The van der Waals surface area contributed by atoms with Gasteiger partial charge in [-0.25, -0.2) is 4.79 Å². The van der Waals surface area contributed by atoms with Crippen LogP contribution in [0.2, 0.25) is 0 Å². The lowest BCUT2D eigenvalue weighted by Gasteiger charge is -2.18. The number of nitrogens with zero attached hydrogens (tertiary/aromatic N) is 1. The van der Waals surface area contributed by atoms with Gasteiger partial charge < -0.3 is 19.5 Å². The summed E-state index contributed by atoms with van der Waals surface area (Å²) in [6.07, 6.45) is 0.103. The number of para-hydroxylation sites is 1. The topological polar surface area (TPSA) is 76.1 Å². The Balaban J connectivity index is 1.97. The number of esters is 1. The fourth-order valence-electron chi connectivity index (χ4n) is 2.45. The van der Waals surface area contributed by atoms with E-state index in [9.17, 15) is 9.59 Å². The standard InChI is InChI=1S/C20H23NO5/c1-21(12-11-19(22)23)13-17-5-3-4-6-18(17)26-14-15-7-9-16(10-8-15)20(24)25-2/h3-10H,11-14H2,1-2H3,(H,22,23). The maximum atomic E-state index is 11.5. The van der Waals surface area contributed by atoms with E-state index in [0.29, 0.717) is 25.3 Å². The van der Waals surface area contributed by atoms with Crippen LogP contribution in [-0.4, -0.2) is 42.6 Å². The molecule has 1 N–H and O–H groups in total. The number of aliphatic carboxylic acids is 1. The number of carboxylic acids is 1. The molecule has 2 aromatic rings. The summed E-state index contributed by atoms with van der Waals surface area (Å²) in [5.41, 5.74) is 2.43. The molecule has 0 saturated heterocycles. The van der Waals surface area contributed by atoms with E-state index in [1.54, 1.807) is 12.1 Å². The van der Waals surface area contributed by atoms with E-state index in [2.05, 4.69) is 4.74 Å². The van der Waals surface area contributed by atoms with Gasteiger partial charge in [0.15, 0.2) is 0 Å². The predicted octanol–water partition coefficient (Wildman–Crippen LogP) is 2.96. The van der Waals surface area contributed by atoms with Crippen LogP contribution in [0.3, 0.4) is 0 Å². The smallest absolute Gasteiger partial charge is 0.337 e. The Morgan fingerprint density at radius 1 is 1.08 bits per heavy atom. The van der Waals surface area contributed by atoms with Crippen molar-refractivity contribution in [3.05, 3.63) is 65.2 Å². The third-order valence-corrected chi connectivity index (χ3v) is 3.89. The van der Waals surface area contributed by atoms with Crippen LogP contribution in [0.15, 0.2) is 48.5 Å². The van der Waals surface area contributed by atoms with Crippen LogP contribution in [0.25, 0.3) is 0 Å². The average molecular weight is 357 g/mol. The first kappa shape index (κ1) is 19.5. The van der Waals surface area contributed by atoms with E-state index in [4.69, 9.17) is 9.84 Å². The molecule has 0 bridgehead atoms. The van der Waals surface area contributed by atoms with E-state index in [1.807, 2.05) is 48.3 Å². The fraction of sp³-hybridized carbons (Fsp3) is 0.300. The summed E-state index contributed by atoms with van der Waals surface area (Å²) >= 11 is 0. The molecule has 0 amide bonds. The van der Waals surface area contributed by atoms with Crippen molar-refractivity contribution in [2.45, 2.75) is 19.6 Å². The quantitative estimate of drug-likeness (QED) is 0.696. The van der Waals surface area contributed by atoms with Crippen LogP contribution < -0.4 is 4.74 Å². The summed E-state index contributed by atoms with van der Waals surface area (Å²) < 4.78 is 10.6. The van der Waals surface area contributed by atoms with Gasteiger partial charge in [0, 0.05) is 18.7 Å². The van der Waals surface area contributed by atoms with Crippen molar-refractivity contribution in [3.63, 3.8) is 0 Å². The fourth-order valence-corrected chi connectivity index (χ4v) is 2.45. The first-order valence-corrected chi connectivity index (χ1v) is 8.28. The van der Waals surface area contributed by atoms with Gasteiger partial charge in [-0.1, -0.05) is 30.3 Å². The van der Waals surface area contributed by atoms with Crippen molar-refractivity contribution in [1.82, 2.24) is 4.90 Å². The van der Waals surface area contributed by atoms with Gasteiger partial charge in [0.05, 0.1) is 19.1 Å². The van der Waals surface area contributed by atoms with E-state index in [0.717, 1.165) is 16.9 Å². The van der Waals surface area contributed by atoms with Gasteiger partial charge >= 0.3 is 11.9 Å². The van der Waals surface area contributed by atoms with Crippen molar-refractivity contribution >= 4 is 11.9 Å². The zero-order valence-corrected chi connectivity index (χ0v) is 15.0. The Morgan fingerprint density at radius 3 is 2.42 bits per heavy atom. The molecule has 26 heavy (non-hydrogen) atoms. The molecule has 0 aliphatic heterocycles. The highest BCUT2D eigenvalue weighted by Gasteiger charge is 2.09. The summed E-state index contributed by atoms with van der Waals surface area (Å²) in [4.78, 5) is 24.1. The molecule has 0 aliphatic rings. The maximum Gasteiger partial charge on any atom is 0.337 e. The summed E-state index contributed by atoms with van der Waals surface area (Å²) in [5.74, 6) is -0.421. The van der Waals surface area contributed by atoms with Crippen molar-refractivity contribution in [2.75, 3.05) is 20.7 Å². The lowest BCUT2D eigenvalue weighted by atomic mass is 10.1. The molecule has 0 radical (unpaired) electrons. The molecular weight excluding hydrogens is 334 g/mol. The molecular formula is C20H23NO5. The number of rotatable bonds is 9. The molecule has 0 spiro atoms. The van der Waals surface area contributed by atoms with Crippen LogP contribution >= 0.6 is 0 Å². The SMILES string of the molecule is COC(=O)c1ccc(COc2ccccc2CN(C)CCC(=O)O)cc1. The molecule has 2 rings (SSSR count). The molecule has 6 nitrogen and oxygen atoms in total. The first-order valence-electron chi connectivity index (χ1n) is 8.28. The molecule has 138 valence electrons. The molecule has 0 aromatic heterocycles. The zero-order chi connectivity index (χ0) is 18.9. The Kier molecular flexibility index (Phi) is 7.17. The van der Waals surface area contributed by atoms with E-state index in [1.165, 1.54) is 7.11 Å². The van der Waals surface area contributed by atoms with Gasteiger partial charge in [0.1, 0.15) is 12.4 Å². The summed E-state index contributed by atoms with van der Waals surface area (Å²) in [6, 6.07) is 14.7. The van der Waals surface area contributed by atoms with Gasteiger partial charge in [-0.05, 0) is 30.8 Å². The minimum atomic E-state index is -0.809. The second kappa shape index (κ2) is 9.58. The number of hydrogen-bond donors (Lipinski definition) is 1. The highest BCUT2D eigenvalue weighted by molar-refractivity contribution is 5.89.